The molecule has 0 aliphatic rings. The highest BCUT2D eigenvalue weighted by atomic mass is 35.5. The summed E-state index contributed by atoms with van der Waals surface area (Å²) < 4.78 is 11.8. The Morgan fingerprint density at radius 1 is 1.21 bits per heavy atom. The summed E-state index contributed by atoms with van der Waals surface area (Å²) in [5.74, 6) is 1.21. The van der Waals surface area contributed by atoms with Gasteiger partial charge in [-0.15, -0.1) is 11.3 Å². The van der Waals surface area contributed by atoms with E-state index in [1.54, 1.807) is 19.9 Å². The monoisotopic (exact) mass is 414 g/mol. The van der Waals surface area contributed by atoms with E-state index in [0.29, 0.717) is 44.6 Å². The number of benzene rings is 1. The quantitative estimate of drug-likeness (QED) is 0.365. The predicted molar refractivity (Wildman–Crippen MR) is 108 cm³/mol. The Labute approximate surface area is 169 Å². The number of hydrogen-bond acceptors (Lipinski definition) is 8. The number of methoxy groups -OCH3 is 1. The number of rotatable bonds is 4. The number of carbonyl (C=O) groups is 1. The topological polar surface area (TPSA) is 90.1 Å². The molecule has 1 aromatic carbocycles. The molecule has 0 radical (unpaired) electrons. The number of hydrogen-bond donors (Lipinski definition) is 1. The number of fused-ring (bicyclic) bond motifs is 1. The summed E-state index contributed by atoms with van der Waals surface area (Å²) >= 11 is 7.49. The van der Waals surface area contributed by atoms with E-state index in [2.05, 4.69) is 20.3 Å². The van der Waals surface area contributed by atoms with Crippen molar-refractivity contribution in [3.63, 3.8) is 0 Å². The molecule has 0 aliphatic carbocycles. The summed E-state index contributed by atoms with van der Waals surface area (Å²) in [5, 5.41) is 4.03. The highest BCUT2D eigenvalue weighted by molar-refractivity contribution is 7.21. The van der Waals surface area contributed by atoms with Gasteiger partial charge in [-0.1, -0.05) is 23.7 Å². The molecule has 142 valence electrons. The van der Waals surface area contributed by atoms with Crippen LogP contribution < -0.4 is 5.32 Å². The van der Waals surface area contributed by atoms with Crippen molar-refractivity contribution in [1.29, 1.82) is 0 Å². The van der Waals surface area contributed by atoms with Gasteiger partial charge in [0.05, 0.1) is 22.9 Å². The number of thiazole rings is 1. The van der Waals surface area contributed by atoms with Gasteiger partial charge in [0.1, 0.15) is 33.1 Å². The van der Waals surface area contributed by atoms with E-state index in [4.69, 9.17) is 20.8 Å². The fourth-order valence-corrected chi connectivity index (χ4v) is 4.12. The summed E-state index contributed by atoms with van der Waals surface area (Å²) in [6.07, 6.45) is 0. The van der Waals surface area contributed by atoms with Gasteiger partial charge in [0, 0.05) is 6.07 Å². The van der Waals surface area contributed by atoms with Gasteiger partial charge in [-0.25, -0.2) is 19.7 Å². The van der Waals surface area contributed by atoms with Crippen LogP contribution in [0.15, 0.2) is 34.7 Å². The van der Waals surface area contributed by atoms with Crippen LogP contribution in [-0.2, 0) is 4.74 Å². The van der Waals surface area contributed by atoms with Crippen molar-refractivity contribution in [3.8, 4) is 10.6 Å². The van der Waals surface area contributed by atoms with Gasteiger partial charge in [-0.3, -0.25) is 0 Å². The van der Waals surface area contributed by atoms with Gasteiger partial charge < -0.3 is 14.5 Å². The number of aromatic nitrogens is 3. The molecule has 0 fully saturated rings. The normalized spacial score (nSPS) is 11.0. The number of halogens is 1. The van der Waals surface area contributed by atoms with Crippen molar-refractivity contribution >= 4 is 50.8 Å². The number of anilines is 2. The summed E-state index contributed by atoms with van der Waals surface area (Å²) in [4.78, 5) is 25.5. The molecule has 4 rings (SSSR count). The molecule has 4 aromatic rings. The van der Waals surface area contributed by atoms with E-state index in [-0.39, 0.29) is 0 Å². The first-order valence-electron chi connectivity index (χ1n) is 8.32. The highest BCUT2D eigenvalue weighted by Crippen LogP contribution is 2.41. The molecule has 0 saturated heterocycles. The second-order valence-corrected chi connectivity index (χ2v) is 7.38. The van der Waals surface area contributed by atoms with Gasteiger partial charge in [0.15, 0.2) is 0 Å². The minimum absolute atomic E-state index is 0.299. The van der Waals surface area contributed by atoms with Crippen LogP contribution in [0.5, 0.6) is 0 Å². The molecule has 0 bridgehead atoms. The molecule has 1 N–H and O–H groups in total. The molecule has 28 heavy (non-hydrogen) atoms. The Bertz CT molecular complexity index is 1150. The van der Waals surface area contributed by atoms with Crippen molar-refractivity contribution in [2.24, 2.45) is 0 Å². The lowest BCUT2D eigenvalue weighted by atomic mass is 10.1. The summed E-state index contributed by atoms with van der Waals surface area (Å²) in [6.45, 7) is 3.44. The Morgan fingerprint density at radius 2 is 2.00 bits per heavy atom. The van der Waals surface area contributed by atoms with Gasteiger partial charge >= 0.3 is 5.97 Å². The van der Waals surface area contributed by atoms with Crippen LogP contribution >= 0.6 is 22.9 Å². The Morgan fingerprint density at radius 3 is 2.71 bits per heavy atom. The molecule has 9 heteroatoms. The first-order valence-corrected chi connectivity index (χ1v) is 9.51. The number of carbonyl (C=O) groups excluding carboxylic acids is 1. The minimum atomic E-state index is -0.500. The second kappa shape index (κ2) is 7.21. The number of ether oxygens (including phenoxy) is 1. The largest absolute Gasteiger partial charge is 0.465 e. The van der Waals surface area contributed by atoms with E-state index in [1.165, 1.54) is 18.4 Å². The molecule has 3 aromatic heterocycles. The summed E-state index contributed by atoms with van der Waals surface area (Å²) in [6, 6.07) is 9.32. The van der Waals surface area contributed by atoms with Crippen molar-refractivity contribution in [2.45, 2.75) is 13.8 Å². The maximum Gasteiger partial charge on any atom is 0.342 e. The van der Waals surface area contributed by atoms with E-state index >= 15 is 0 Å². The smallest absolute Gasteiger partial charge is 0.342 e. The van der Waals surface area contributed by atoms with Gasteiger partial charge in [-0.05, 0) is 26.0 Å². The van der Waals surface area contributed by atoms with Crippen molar-refractivity contribution < 1.29 is 13.9 Å². The number of nitrogens with zero attached hydrogens (tertiary/aromatic N) is 3. The lowest BCUT2D eigenvalue weighted by molar-refractivity contribution is 0.0599. The van der Waals surface area contributed by atoms with Crippen LogP contribution in [0.2, 0.25) is 5.15 Å². The standard InChI is InChI=1S/C19H15ClN4O3S/c1-9-15(19(25)26-3)16(18-23-11-6-4-5-7-12(11)28-18)17(27-9)24-14-8-13(20)21-10(2)22-14/h4-8H,1-3H3,(H,21,22,24). The lowest BCUT2D eigenvalue weighted by Gasteiger charge is -2.06. The van der Waals surface area contributed by atoms with E-state index in [9.17, 15) is 4.79 Å². The number of furan rings is 1. The fourth-order valence-electron chi connectivity index (χ4n) is 2.88. The predicted octanol–water partition coefficient (Wildman–Crippen LogP) is 5.15. The number of aryl methyl sites for hydroxylation is 2. The third kappa shape index (κ3) is 3.32. The highest BCUT2D eigenvalue weighted by Gasteiger charge is 2.28. The zero-order chi connectivity index (χ0) is 19.8. The lowest BCUT2D eigenvalue weighted by Crippen LogP contribution is -2.04. The van der Waals surface area contributed by atoms with Gasteiger partial charge in [0.2, 0.25) is 5.88 Å². The van der Waals surface area contributed by atoms with Crippen molar-refractivity contribution in [1.82, 2.24) is 15.0 Å². The number of para-hydroxylation sites is 1. The molecule has 0 atom stereocenters. The third-order valence-corrected chi connectivity index (χ3v) is 5.28. The Kier molecular flexibility index (Phi) is 4.74. The SMILES string of the molecule is COC(=O)c1c(C)oc(Nc2cc(Cl)nc(C)n2)c1-c1nc2ccccc2s1. The van der Waals surface area contributed by atoms with Crippen LogP contribution in [0.25, 0.3) is 20.8 Å². The van der Waals surface area contributed by atoms with Crippen molar-refractivity contribution in [3.05, 3.63) is 52.6 Å². The van der Waals surface area contributed by atoms with E-state index in [0.717, 1.165) is 10.2 Å². The van der Waals surface area contributed by atoms with E-state index in [1.807, 2.05) is 24.3 Å². The molecular weight excluding hydrogens is 400 g/mol. The molecule has 0 saturated carbocycles. The molecule has 0 amide bonds. The zero-order valence-corrected chi connectivity index (χ0v) is 16.8. The average Bonchev–Trinajstić information content (AvgIpc) is 3.20. The summed E-state index contributed by atoms with van der Waals surface area (Å²) in [5.41, 5.74) is 1.68. The maximum atomic E-state index is 12.4. The molecule has 3 heterocycles. The molecule has 0 spiro atoms. The Balaban J connectivity index is 1.90. The molecule has 0 unspecified atom stereocenters. The zero-order valence-electron chi connectivity index (χ0n) is 15.2. The third-order valence-electron chi connectivity index (χ3n) is 4.03. The van der Waals surface area contributed by atoms with Crippen LogP contribution in [0, 0.1) is 13.8 Å². The maximum absolute atomic E-state index is 12.4. The Hall–Kier alpha value is -2.97. The number of nitrogens with one attached hydrogen (secondary N) is 1. The summed E-state index contributed by atoms with van der Waals surface area (Å²) in [7, 11) is 1.33. The first-order chi connectivity index (χ1) is 13.5. The molecule has 0 aliphatic heterocycles. The van der Waals surface area contributed by atoms with Crippen LogP contribution in [-0.4, -0.2) is 28.0 Å². The van der Waals surface area contributed by atoms with Crippen LogP contribution in [0.3, 0.4) is 0 Å². The van der Waals surface area contributed by atoms with E-state index < -0.39 is 5.97 Å². The molecule has 7 nitrogen and oxygen atoms in total. The average molecular weight is 415 g/mol. The van der Waals surface area contributed by atoms with Gasteiger partial charge in [0.25, 0.3) is 0 Å². The van der Waals surface area contributed by atoms with Crippen LogP contribution in [0.1, 0.15) is 21.9 Å². The minimum Gasteiger partial charge on any atom is -0.465 e. The van der Waals surface area contributed by atoms with Crippen LogP contribution in [0.4, 0.5) is 11.7 Å². The second-order valence-electron chi connectivity index (χ2n) is 5.96. The van der Waals surface area contributed by atoms with Crippen molar-refractivity contribution in [2.75, 3.05) is 12.4 Å². The van der Waals surface area contributed by atoms with Gasteiger partial charge in [-0.2, -0.15) is 0 Å². The number of esters is 1. The molecular formula is C19H15ClN4O3S. The fraction of sp³-hybridized carbons (Fsp3) is 0.158. The first kappa shape index (κ1) is 18.4.